The number of benzene rings is 2. The monoisotopic (exact) mass is 432 g/mol. The molecule has 1 amide bonds. The molecule has 8 nitrogen and oxygen atoms in total. The van der Waals surface area contributed by atoms with Crippen LogP contribution in [0.4, 0.5) is 15.8 Å². The van der Waals surface area contributed by atoms with Gasteiger partial charge in [0.1, 0.15) is 13.4 Å². The minimum absolute atomic E-state index is 0.0424. The number of carbonyl (C=O) groups is 1. The lowest BCUT2D eigenvalue weighted by atomic mass is 9.96. The number of amides is 1. The number of rotatable bonds is 8. The molecule has 1 atom stereocenters. The van der Waals surface area contributed by atoms with E-state index < -0.39 is 24.4 Å². The summed E-state index contributed by atoms with van der Waals surface area (Å²) in [6.07, 6.45) is 0.579. The summed E-state index contributed by atoms with van der Waals surface area (Å²) in [5.74, 6) is -1.45. The van der Waals surface area contributed by atoms with Gasteiger partial charge >= 0.3 is 0 Å². The average molecular weight is 433 g/mol. The number of fused-ring (bicyclic) bond motifs is 1. The molecule has 1 unspecified atom stereocenters. The molecule has 1 aromatic heterocycles. The van der Waals surface area contributed by atoms with Crippen LogP contribution in [-0.2, 0) is 11.9 Å². The molecule has 0 spiro atoms. The van der Waals surface area contributed by atoms with Crippen LogP contribution in [0.5, 0.6) is 0 Å². The molecule has 0 bridgehead atoms. The van der Waals surface area contributed by atoms with Crippen LogP contribution in [-0.4, -0.2) is 52.8 Å². The topological polar surface area (TPSA) is 109 Å². The van der Waals surface area contributed by atoms with Crippen LogP contribution in [0.3, 0.4) is 0 Å². The number of hydroxylamine groups is 1. The molecule has 0 saturated heterocycles. The molecule has 2 aromatic carbocycles. The Morgan fingerprint density at radius 3 is 2.90 bits per heavy atom. The summed E-state index contributed by atoms with van der Waals surface area (Å²) >= 11 is 6.18. The zero-order valence-corrected chi connectivity index (χ0v) is 16.8. The molecule has 1 heterocycles. The number of nitrogens with zero attached hydrogens (tertiary/aromatic N) is 2. The maximum atomic E-state index is 15.3. The summed E-state index contributed by atoms with van der Waals surface area (Å²) in [6, 6.07) is 6.12. The number of nitrogens with one attached hydrogen (secondary N) is 2. The lowest BCUT2D eigenvalue weighted by Crippen LogP contribution is -2.27. The van der Waals surface area contributed by atoms with Crippen LogP contribution < -0.4 is 16.3 Å². The molecule has 11 heteroatoms. The van der Waals surface area contributed by atoms with Gasteiger partial charge in [-0.25, -0.2) is 14.9 Å². The minimum atomic E-state index is -0.963. The van der Waals surface area contributed by atoms with Gasteiger partial charge in [-0.15, -0.1) is 0 Å². The Morgan fingerprint density at radius 2 is 2.20 bits per heavy atom. The van der Waals surface area contributed by atoms with Gasteiger partial charge < -0.3 is 20.1 Å². The van der Waals surface area contributed by atoms with Gasteiger partial charge in [-0.1, -0.05) is 23.1 Å². The summed E-state index contributed by atoms with van der Waals surface area (Å²) in [6.45, 7) is -0.466. The van der Waals surface area contributed by atoms with E-state index in [1.54, 1.807) is 23.7 Å². The number of carbonyl (C=O) groups excluding carboxylic acids is 1. The Hall–Kier alpha value is -2.66. The maximum absolute atomic E-state index is 15.3. The van der Waals surface area contributed by atoms with E-state index in [-0.39, 0.29) is 34.8 Å². The molecule has 156 valence electrons. The SMILES string of the molecule is [B]c1ccc(Nc2c(C(=O)NOCCC(O)CO)cc3c(ncn3C)c2F)c(Cl)c1. The third-order valence-corrected chi connectivity index (χ3v) is 4.70. The van der Waals surface area contributed by atoms with E-state index in [2.05, 4.69) is 15.8 Å². The van der Waals surface area contributed by atoms with E-state index in [0.29, 0.717) is 16.7 Å². The summed E-state index contributed by atoms with van der Waals surface area (Å²) in [4.78, 5) is 21.8. The second-order valence-electron chi connectivity index (χ2n) is 6.61. The molecule has 3 aromatic rings. The van der Waals surface area contributed by atoms with Crippen molar-refractivity contribution in [2.45, 2.75) is 12.5 Å². The second kappa shape index (κ2) is 9.44. The quantitative estimate of drug-likeness (QED) is 0.243. The number of halogens is 2. The number of aliphatic hydroxyl groups is 2. The normalized spacial score (nSPS) is 12.2. The van der Waals surface area contributed by atoms with E-state index in [4.69, 9.17) is 29.4 Å². The lowest BCUT2D eigenvalue weighted by Gasteiger charge is -2.15. The molecule has 0 saturated carbocycles. The van der Waals surface area contributed by atoms with Crippen LogP contribution >= 0.6 is 11.6 Å². The zero-order chi connectivity index (χ0) is 21.8. The molecule has 0 aliphatic carbocycles. The fourth-order valence-electron chi connectivity index (χ4n) is 2.75. The van der Waals surface area contributed by atoms with Crippen LogP contribution in [0.15, 0.2) is 30.6 Å². The molecule has 0 fully saturated rings. The first-order valence-electron chi connectivity index (χ1n) is 8.98. The van der Waals surface area contributed by atoms with Crippen LogP contribution in [0.25, 0.3) is 11.0 Å². The van der Waals surface area contributed by atoms with E-state index in [1.807, 2.05) is 0 Å². The number of hydrogen-bond donors (Lipinski definition) is 4. The number of imidazole rings is 1. The Bertz CT molecular complexity index is 1080. The minimum Gasteiger partial charge on any atom is -0.394 e. The first-order valence-corrected chi connectivity index (χ1v) is 9.36. The molecule has 2 radical (unpaired) electrons. The van der Waals surface area contributed by atoms with E-state index in [1.165, 1.54) is 18.5 Å². The molecule has 30 heavy (non-hydrogen) atoms. The molecular formula is C19H19BClFN4O4. The predicted molar refractivity (Wildman–Crippen MR) is 112 cm³/mol. The van der Waals surface area contributed by atoms with Gasteiger partial charge in [0, 0.05) is 13.5 Å². The highest BCUT2D eigenvalue weighted by atomic mass is 35.5. The van der Waals surface area contributed by atoms with Gasteiger partial charge in [0.15, 0.2) is 5.82 Å². The van der Waals surface area contributed by atoms with Gasteiger partial charge in [0.05, 0.1) is 53.1 Å². The Labute approximate surface area is 178 Å². The van der Waals surface area contributed by atoms with Crippen molar-refractivity contribution in [3.8, 4) is 0 Å². The number of aryl methyl sites for hydroxylation is 1. The van der Waals surface area contributed by atoms with Crippen molar-refractivity contribution in [3.63, 3.8) is 0 Å². The smallest absolute Gasteiger partial charge is 0.277 e. The second-order valence-corrected chi connectivity index (χ2v) is 7.01. The van der Waals surface area contributed by atoms with Crippen molar-refractivity contribution in [2.24, 2.45) is 7.05 Å². The van der Waals surface area contributed by atoms with Crippen LogP contribution in [0, 0.1) is 5.82 Å². The summed E-state index contributed by atoms with van der Waals surface area (Å²) in [7, 11) is 7.37. The summed E-state index contributed by atoms with van der Waals surface area (Å²) in [5, 5.41) is 21.2. The standard InChI is InChI=1S/C19H19BClFN4O4/c1-26-9-23-18-15(26)7-12(19(29)25-30-5-4-11(28)8-27)17(16(18)22)24-14-3-2-10(20)6-13(14)21/h2-3,6-7,9,11,24,27-28H,4-5,8H2,1H3,(H,25,29). The summed E-state index contributed by atoms with van der Waals surface area (Å²) < 4.78 is 16.8. The number of aliphatic hydroxyl groups excluding tert-OH is 2. The van der Waals surface area contributed by atoms with Crippen molar-refractivity contribution in [2.75, 3.05) is 18.5 Å². The third-order valence-electron chi connectivity index (χ3n) is 4.39. The van der Waals surface area contributed by atoms with Crippen molar-refractivity contribution < 1.29 is 24.2 Å². The Morgan fingerprint density at radius 1 is 1.43 bits per heavy atom. The average Bonchev–Trinajstić information content (AvgIpc) is 3.09. The van der Waals surface area contributed by atoms with Gasteiger partial charge in [-0.2, -0.15) is 0 Å². The largest absolute Gasteiger partial charge is 0.394 e. The van der Waals surface area contributed by atoms with Gasteiger partial charge in [-0.05, 0) is 18.2 Å². The van der Waals surface area contributed by atoms with Gasteiger partial charge in [-0.3, -0.25) is 9.63 Å². The Balaban J connectivity index is 1.93. The lowest BCUT2D eigenvalue weighted by molar-refractivity contribution is 0.00705. The van der Waals surface area contributed by atoms with Crippen molar-refractivity contribution in [3.05, 3.63) is 47.0 Å². The predicted octanol–water partition coefficient (Wildman–Crippen LogP) is 1.31. The highest BCUT2D eigenvalue weighted by molar-refractivity contribution is 6.37. The van der Waals surface area contributed by atoms with Crippen LogP contribution in [0.2, 0.25) is 5.02 Å². The fourth-order valence-corrected chi connectivity index (χ4v) is 2.99. The third kappa shape index (κ3) is 4.73. The van der Waals surface area contributed by atoms with E-state index in [0.717, 1.165) is 0 Å². The number of anilines is 2. The first kappa shape index (κ1) is 22.0. The Kier molecular flexibility index (Phi) is 6.93. The zero-order valence-electron chi connectivity index (χ0n) is 16.0. The molecular weight excluding hydrogens is 413 g/mol. The molecule has 4 N–H and O–H groups in total. The van der Waals surface area contributed by atoms with Crippen molar-refractivity contribution in [1.29, 1.82) is 0 Å². The maximum Gasteiger partial charge on any atom is 0.277 e. The van der Waals surface area contributed by atoms with Gasteiger partial charge in [0.25, 0.3) is 5.91 Å². The van der Waals surface area contributed by atoms with Crippen LogP contribution in [0.1, 0.15) is 16.8 Å². The highest BCUT2D eigenvalue weighted by Crippen LogP contribution is 2.32. The van der Waals surface area contributed by atoms with Crippen molar-refractivity contribution >= 4 is 53.2 Å². The first-order chi connectivity index (χ1) is 14.3. The highest BCUT2D eigenvalue weighted by Gasteiger charge is 2.22. The van der Waals surface area contributed by atoms with Gasteiger partial charge in [0.2, 0.25) is 0 Å². The molecule has 0 aliphatic rings. The molecule has 0 aliphatic heterocycles. The fraction of sp³-hybridized carbons (Fsp3) is 0.263. The number of aromatic nitrogens is 2. The van der Waals surface area contributed by atoms with Crippen molar-refractivity contribution in [1.82, 2.24) is 15.0 Å². The number of hydrogen-bond acceptors (Lipinski definition) is 6. The molecule has 3 rings (SSSR count). The summed E-state index contributed by atoms with van der Waals surface area (Å²) in [5.41, 5.74) is 3.30. The van der Waals surface area contributed by atoms with E-state index in [9.17, 15) is 9.90 Å². The van der Waals surface area contributed by atoms with E-state index >= 15 is 4.39 Å².